The second kappa shape index (κ2) is 12.4. The number of rotatable bonds is 6. The van der Waals surface area contributed by atoms with Crippen molar-refractivity contribution in [2.45, 2.75) is 87.9 Å². The molecule has 0 atom stereocenters. The van der Waals surface area contributed by atoms with Crippen LogP contribution in [0.3, 0.4) is 0 Å². The molecule has 4 heteroatoms. The average molecular weight is 729 g/mol. The van der Waals surface area contributed by atoms with Crippen LogP contribution in [0.15, 0.2) is 109 Å². The van der Waals surface area contributed by atoms with Crippen LogP contribution in [0.25, 0.3) is 56.1 Å². The van der Waals surface area contributed by atoms with E-state index in [0.29, 0.717) is 16.8 Å². The van der Waals surface area contributed by atoms with Gasteiger partial charge in [-0.05, 0) is 181 Å². The minimum Gasteiger partial charge on any atom is -0.208 e. The molecule has 1 heterocycles. The van der Waals surface area contributed by atoms with Crippen molar-refractivity contribution in [2.24, 2.45) is 35.5 Å². The number of hydrogen-bond acceptors (Lipinski definition) is 4. The van der Waals surface area contributed by atoms with Gasteiger partial charge in [-0.15, -0.1) is 0 Å². The van der Waals surface area contributed by atoms with Gasteiger partial charge in [-0.1, -0.05) is 84.9 Å². The number of hydrogen-bond donors (Lipinski definition) is 0. The zero-order valence-corrected chi connectivity index (χ0v) is 32.1. The van der Waals surface area contributed by atoms with Crippen LogP contribution in [-0.2, 0) is 10.8 Å². The van der Waals surface area contributed by atoms with Crippen LogP contribution >= 0.6 is 0 Å². The average Bonchev–Trinajstić information content (AvgIpc) is 3.22. The number of nitrogens with zero attached hydrogens (tertiary/aromatic N) is 4. The summed E-state index contributed by atoms with van der Waals surface area (Å²) >= 11 is 0. The van der Waals surface area contributed by atoms with Gasteiger partial charge in [0.25, 0.3) is 0 Å². The lowest BCUT2D eigenvalue weighted by Crippen LogP contribution is -2.48. The zero-order chi connectivity index (χ0) is 37.0. The fourth-order valence-electron chi connectivity index (χ4n) is 14.1. The SMILES string of the molecule is N#Cc1ccc2c(-c3cc(-c4nc(-c5ccccc5)nc(-c5ccc(C67C[C@H]8C[C@H](C6)C[C@@H](C7)C8)cc5)n4)cc(C45C[C@H]6C[C@@H](C4)C[C@@H](C5)C6)c3)cccc2c1. The quantitative estimate of drug-likeness (QED) is 0.171. The van der Waals surface area contributed by atoms with E-state index in [9.17, 15) is 5.26 Å². The van der Waals surface area contributed by atoms with Crippen LogP contribution in [0, 0.1) is 46.8 Å². The Bertz CT molecular complexity index is 2490. The van der Waals surface area contributed by atoms with E-state index in [2.05, 4.69) is 103 Å². The molecule has 8 fully saturated rings. The van der Waals surface area contributed by atoms with Gasteiger partial charge in [-0.25, -0.2) is 15.0 Å². The normalized spacial score (nSPS) is 30.8. The molecular weight excluding hydrogens is 681 g/mol. The van der Waals surface area contributed by atoms with Gasteiger partial charge in [0.05, 0.1) is 11.6 Å². The van der Waals surface area contributed by atoms with Crippen LogP contribution in [0.4, 0.5) is 0 Å². The number of nitriles is 1. The summed E-state index contributed by atoms with van der Waals surface area (Å²) in [5.41, 5.74) is 9.74. The smallest absolute Gasteiger partial charge is 0.164 e. The van der Waals surface area contributed by atoms with E-state index >= 15 is 0 Å². The highest BCUT2D eigenvalue weighted by atomic mass is 15.0. The third-order valence-electron chi connectivity index (χ3n) is 15.6. The molecule has 0 N–H and O–H groups in total. The van der Waals surface area contributed by atoms with Crippen molar-refractivity contribution >= 4 is 10.8 Å². The van der Waals surface area contributed by atoms with Gasteiger partial charge >= 0.3 is 0 Å². The van der Waals surface area contributed by atoms with Gasteiger partial charge in [0.1, 0.15) is 0 Å². The summed E-state index contributed by atoms with van der Waals surface area (Å²) in [5.74, 6) is 7.46. The summed E-state index contributed by atoms with van der Waals surface area (Å²) in [5, 5.41) is 12.0. The molecule has 14 rings (SSSR count). The Kier molecular flexibility index (Phi) is 7.33. The molecule has 0 unspecified atom stereocenters. The van der Waals surface area contributed by atoms with Gasteiger partial charge in [-0.3, -0.25) is 0 Å². The number of fused-ring (bicyclic) bond motifs is 1. The molecular formula is C52H48N4. The Balaban J connectivity index is 1.01. The second-order valence-corrected chi connectivity index (χ2v) is 19.3. The molecule has 4 nitrogen and oxygen atoms in total. The van der Waals surface area contributed by atoms with E-state index in [0.717, 1.165) is 69.2 Å². The van der Waals surface area contributed by atoms with Crippen molar-refractivity contribution in [1.82, 2.24) is 15.0 Å². The predicted octanol–water partition coefficient (Wildman–Crippen LogP) is 12.5. The van der Waals surface area contributed by atoms with Crippen LogP contribution in [0.5, 0.6) is 0 Å². The standard InChI is InChI=1S/C52H48N4/c53-31-32-9-14-47-41(21-32)7-4-8-46(47)42-22-43(24-45(23-42)52-28-36-18-37(29-52)20-38(19-36)30-52)50-55-48(39-5-2-1-3-6-39)54-49(56-50)40-10-12-44(13-11-40)51-25-33-15-34(26-51)17-35(16-33)27-51/h1-14,21-24,33-38H,15-20,25-30H2/t33-,34-,35-,36-,37+,38-,51?,52?. The highest BCUT2D eigenvalue weighted by Crippen LogP contribution is 2.62. The summed E-state index contributed by atoms with van der Waals surface area (Å²) in [7, 11) is 0. The van der Waals surface area contributed by atoms with Crippen LogP contribution < -0.4 is 0 Å². The van der Waals surface area contributed by atoms with Gasteiger partial charge in [0, 0.05) is 16.7 Å². The number of aromatic nitrogens is 3. The lowest BCUT2D eigenvalue weighted by Gasteiger charge is -2.57. The lowest BCUT2D eigenvalue weighted by molar-refractivity contribution is -0.00529. The van der Waals surface area contributed by atoms with Gasteiger partial charge in [0.15, 0.2) is 17.5 Å². The number of benzene rings is 5. The maximum Gasteiger partial charge on any atom is 0.164 e. The van der Waals surface area contributed by atoms with Crippen molar-refractivity contribution in [2.75, 3.05) is 0 Å². The highest BCUT2D eigenvalue weighted by Gasteiger charge is 2.53. The van der Waals surface area contributed by atoms with Gasteiger partial charge in [0.2, 0.25) is 0 Å². The molecule has 0 radical (unpaired) electrons. The Morgan fingerprint density at radius 1 is 0.446 bits per heavy atom. The minimum atomic E-state index is 0.198. The molecule has 1 aromatic heterocycles. The Labute approximate surface area is 330 Å². The molecule has 8 saturated carbocycles. The Hall–Kier alpha value is -5.14. The van der Waals surface area contributed by atoms with E-state index in [1.807, 2.05) is 12.1 Å². The molecule has 276 valence electrons. The highest BCUT2D eigenvalue weighted by molar-refractivity contribution is 5.98. The maximum absolute atomic E-state index is 9.69. The first-order valence-electron chi connectivity index (χ1n) is 21.5. The molecule has 8 aliphatic carbocycles. The zero-order valence-electron chi connectivity index (χ0n) is 32.1. The van der Waals surface area contributed by atoms with Gasteiger partial charge < -0.3 is 0 Å². The molecule has 6 aromatic rings. The summed E-state index contributed by atoms with van der Waals surface area (Å²) < 4.78 is 0. The minimum absolute atomic E-state index is 0.198. The molecule has 5 aromatic carbocycles. The van der Waals surface area contributed by atoms with E-state index in [1.54, 1.807) is 0 Å². The predicted molar refractivity (Wildman–Crippen MR) is 223 cm³/mol. The van der Waals surface area contributed by atoms with Crippen molar-refractivity contribution < 1.29 is 0 Å². The summed E-state index contributed by atoms with van der Waals surface area (Å²) in [4.78, 5) is 15.9. The van der Waals surface area contributed by atoms with Crippen LogP contribution in [-0.4, -0.2) is 15.0 Å². The van der Waals surface area contributed by atoms with E-state index in [1.165, 1.54) is 105 Å². The monoisotopic (exact) mass is 728 g/mol. The first kappa shape index (κ1) is 33.0. The van der Waals surface area contributed by atoms with Crippen LogP contribution in [0.1, 0.15) is 93.7 Å². The van der Waals surface area contributed by atoms with E-state index in [-0.39, 0.29) is 5.41 Å². The molecule has 8 bridgehead atoms. The third-order valence-corrected chi connectivity index (χ3v) is 15.6. The first-order valence-corrected chi connectivity index (χ1v) is 21.5. The van der Waals surface area contributed by atoms with E-state index < -0.39 is 0 Å². The fraction of sp³-hybridized carbons (Fsp3) is 0.385. The topological polar surface area (TPSA) is 62.5 Å². The molecule has 0 spiro atoms. The summed E-state index contributed by atoms with van der Waals surface area (Å²) in [6.45, 7) is 0. The summed E-state index contributed by atoms with van der Waals surface area (Å²) in [6.07, 6.45) is 16.6. The van der Waals surface area contributed by atoms with Crippen molar-refractivity contribution in [3.63, 3.8) is 0 Å². The third kappa shape index (κ3) is 5.41. The van der Waals surface area contributed by atoms with E-state index in [4.69, 9.17) is 15.0 Å². The van der Waals surface area contributed by atoms with Crippen LogP contribution in [0.2, 0.25) is 0 Å². The van der Waals surface area contributed by atoms with Crippen molar-refractivity contribution in [1.29, 1.82) is 5.26 Å². The lowest BCUT2D eigenvalue weighted by atomic mass is 9.48. The molecule has 0 saturated heterocycles. The first-order chi connectivity index (χ1) is 27.5. The second-order valence-electron chi connectivity index (χ2n) is 19.3. The Morgan fingerprint density at radius 3 is 1.54 bits per heavy atom. The molecule has 8 aliphatic rings. The summed E-state index contributed by atoms with van der Waals surface area (Å²) in [6, 6.07) is 42.1. The van der Waals surface area contributed by atoms with Gasteiger partial charge in [-0.2, -0.15) is 5.26 Å². The molecule has 0 aliphatic heterocycles. The molecule has 0 amide bonds. The van der Waals surface area contributed by atoms with Crippen molar-refractivity contribution in [3.05, 3.63) is 126 Å². The molecule has 56 heavy (non-hydrogen) atoms. The van der Waals surface area contributed by atoms with Crippen molar-refractivity contribution in [3.8, 4) is 51.4 Å². The fourth-order valence-corrected chi connectivity index (χ4v) is 14.1. The maximum atomic E-state index is 9.69. The largest absolute Gasteiger partial charge is 0.208 e. The Morgan fingerprint density at radius 2 is 0.964 bits per heavy atom.